The third-order valence-corrected chi connectivity index (χ3v) is 2.76. The number of imidazole rings is 1. The third kappa shape index (κ3) is 2.60. The zero-order valence-electron chi connectivity index (χ0n) is 10.2. The molecule has 5 heteroatoms. The minimum atomic E-state index is 0.678. The van der Waals surface area contributed by atoms with E-state index in [-0.39, 0.29) is 0 Å². The van der Waals surface area contributed by atoms with Gasteiger partial charge in [-0.05, 0) is 17.8 Å². The zero-order valence-corrected chi connectivity index (χ0v) is 10.2. The van der Waals surface area contributed by atoms with Crippen LogP contribution in [0.4, 0.5) is 0 Å². The van der Waals surface area contributed by atoms with Crippen molar-refractivity contribution >= 4 is 17.2 Å². The van der Waals surface area contributed by atoms with Crippen LogP contribution >= 0.6 is 0 Å². The van der Waals surface area contributed by atoms with Crippen molar-refractivity contribution in [3.8, 4) is 0 Å². The highest BCUT2D eigenvalue weighted by Crippen LogP contribution is 2.10. The average molecular weight is 251 g/mol. The highest BCUT2D eigenvalue weighted by atomic mass is 15.0. The smallest absolute Gasteiger partial charge is 0.181 e. The van der Waals surface area contributed by atoms with E-state index in [1.165, 1.54) is 11.9 Å². The molecule has 0 saturated heterocycles. The zero-order chi connectivity index (χ0) is 12.9. The quantitative estimate of drug-likeness (QED) is 0.745. The normalized spacial score (nSPS) is 11.2. The monoisotopic (exact) mass is 251 g/mol. The molecule has 0 spiro atoms. The first-order valence-corrected chi connectivity index (χ1v) is 6.01. The Balaban J connectivity index is 1.68. The maximum absolute atomic E-state index is 4.21. The summed E-state index contributed by atoms with van der Waals surface area (Å²) in [6.07, 6.45) is 6.93. The fourth-order valence-electron chi connectivity index (χ4n) is 1.82. The Hall–Kier alpha value is -2.69. The van der Waals surface area contributed by atoms with Gasteiger partial charge in [-0.15, -0.1) is 0 Å². The van der Waals surface area contributed by atoms with E-state index >= 15 is 0 Å². The summed E-state index contributed by atoms with van der Waals surface area (Å²) in [5.41, 5.74) is 3.59. The van der Waals surface area contributed by atoms with E-state index in [0.29, 0.717) is 5.65 Å². The molecule has 19 heavy (non-hydrogen) atoms. The maximum Gasteiger partial charge on any atom is 0.181 e. The van der Waals surface area contributed by atoms with Crippen LogP contribution < -0.4 is 5.32 Å². The molecule has 0 aliphatic rings. The molecule has 0 saturated carbocycles. The van der Waals surface area contributed by atoms with E-state index in [0.717, 1.165) is 17.8 Å². The Morgan fingerprint density at radius 2 is 2.00 bits per heavy atom. The largest absolute Gasteiger partial charge is 0.387 e. The molecule has 94 valence electrons. The van der Waals surface area contributed by atoms with Crippen molar-refractivity contribution < 1.29 is 0 Å². The molecule has 3 rings (SSSR count). The first-order chi connectivity index (χ1) is 9.43. The second-order valence-corrected chi connectivity index (χ2v) is 4.06. The van der Waals surface area contributed by atoms with Gasteiger partial charge in [-0.25, -0.2) is 15.0 Å². The second kappa shape index (κ2) is 5.30. The van der Waals surface area contributed by atoms with Crippen molar-refractivity contribution in [2.45, 2.75) is 6.54 Å². The summed E-state index contributed by atoms with van der Waals surface area (Å²) in [7, 11) is 0. The standard InChI is InChI=1S/C14H13N5/c1-2-4-11(5-3-1)8-15-7-6-12-13-14(18-9-16-12)19-10-17-13/h1-7,9-10,15H,8H2,(H,16,17,18,19)/b7-6-. The topological polar surface area (TPSA) is 66.5 Å². The van der Waals surface area contributed by atoms with E-state index in [9.17, 15) is 0 Å². The highest BCUT2D eigenvalue weighted by Gasteiger charge is 2.01. The van der Waals surface area contributed by atoms with Gasteiger partial charge in [-0.1, -0.05) is 30.3 Å². The lowest BCUT2D eigenvalue weighted by Crippen LogP contribution is -2.03. The van der Waals surface area contributed by atoms with E-state index in [1.54, 1.807) is 6.33 Å². The molecule has 2 N–H and O–H groups in total. The number of nitrogens with one attached hydrogen (secondary N) is 2. The van der Waals surface area contributed by atoms with Crippen LogP contribution in [0.1, 0.15) is 11.3 Å². The van der Waals surface area contributed by atoms with E-state index < -0.39 is 0 Å². The average Bonchev–Trinajstić information content (AvgIpc) is 2.94. The van der Waals surface area contributed by atoms with Gasteiger partial charge >= 0.3 is 0 Å². The van der Waals surface area contributed by atoms with Crippen LogP contribution in [0.5, 0.6) is 0 Å². The fourth-order valence-corrected chi connectivity index (χ4v) is 1.82. The van der Waals surface area contributed by atoms with Crippen molar-refractivity contribution in [3.05, 3.63) is 60.4 Å². The lowest BCUT2D eigenvalue weighted by atomic mass is 10.2. The number of benzene rings is 1. The van der Waals surface area contributed by atoms with Gasteiger partial charge in [0.1, 0.15) is 11.8 Å². The van der Waals surface area contributed by atoms with Crippen LogP contribution in [0.25, 0.3) is 17.2 Å². The lowest BCUT2D eigenvalue weighted by molar-refractivity contribution is 0.873. The van der Waals surface area contributed by atoms with E-state index in [2.05, 4.69) is 37.4 Å². The predicted octanol–water partition coefficient (Wildman–Crippen LogP) is 2.11. The lowest BCUT2D eigenvalue weighted by Gasteiger charge is -2.00. The van der Waals surface area contributed by atoms with Crippen LogP contribution in [0.2, 0.25) is 0 Å². The molecule has 0 radical (unpaired) electrons. The van der Waals surface area contributed by atoms with Gasteiger partial charge in [0.05, 0.1) is 12.0 Å². The molecule has 0 aliphatic carbocycles. The van der Waals surface area contributed by atoms with Gasteiger partial charge in [0.15, 0.2) is 5.65 Å². The van der Waals surface area contributed by atoms with Gasteiger partial charge in [0.2, 0.25) is 0 Å². The summed E-state index contributed by atoms with van der Waals surface area (Å²) in [5, 5.41) is 3.23. The number of H-pyrrole nitrogens is 1. The van der Waals surface area contributed by atoms with Crippen LogP contribution in [0.3, 0.4) is 0 Å². The Kier molecular flexibility index (Phi) is 3.18. The summed E-state index contributed by atoms with van der Waals surface area (Å²) >= 11 is 0. The number of nitrogens with zero attached hydrogens (tertiary/aromatic N) is 3. The van der Waals surface area contributed by atoms with Crippen molar-refractivity contribution in [1.29, 1.82) is 0 Å². The fraction of sp³-hybridized carbons (Fsp3) is 0.0714. The van der Waals surface area contributed by atoms with Crippen LogP contribution in [0, 0.1) is 0 Å². The van der Waals surface area contributed by atoms with Gasteiger partial charge in [0, 0.05) is 6.54 Å². The molecule has 0 fully saturated rings. The molecule has 3 aromatic rings. The van der Waals surface area contributed by atoms with Gasteiger partial charge in [-0.2, -0.15) is 0 Å². The van der Waals surface area contributed by atoms with Crippen LogP contribution in [-0.4, -0.2) is 19.9 Å². The molecule has 0 unspecified atom stereocenters. The molecule has 2 aromatic heterocycles. The summed E-state index contributed by atoms with van der Waals surface area (Å²) in [4.78, 5) is 15.4. The van der Waals surface area contributed by atoms with E-state index in [4.69, 9.17) is 0 Å². The molecule has 0 atom stereocenters. The van der Waals surface area contributed by atoms with Crippen LogP contribution in [-0.2, 0) is 6.54 Å². The summed E-state index contributed by atoms with van der Waals surface area (Å²) < 4.78 is 0. The molecule has 0 amide bonds. The number of hydrogen-bond acceptors (Lipinski definition) is 4. The second-order valence-electron chi connectivity index (χ2n) is 4.06. The number of rotatable bonds is 4. The molecule has 0 aliphatic heterocycles. The summed E-state index contributed by atoms with van der Waals surface area (Å²) in [6, 6.07) is 10.2. The molecule has 0 bridgehead atoms. The molecule has 2 heterocycles. The summed E-state index contributed by atoms with van der Waals surface area (Å²) in [5.74, 6) is 0. The third-order valence-electron chi connectivity index (χ3n) is 2.76. The highest BCUT2D eigenvalue weighted by molar-refractivity contribution is 5.78. The van der Waals surface area contributed by atoms with Crippen molar-refractivity contribution in [3.63, 3.8) is 0 Å². The predicted molar refractivity (Wildman–Crippen MR) is 74.0 cm³/mol. The molecule has 1 aromatic carbocycles. The SMILES string of the molecule is C(=C/c1ncnc2nc[nH]c12)/NCc1ccccc1. The Morgan fingerprint density at radius 1 is 1.11 bits per heavy atom. The van der Waals surface area contributed by atoms with Gasteiger partial charge in [-0.3, -0.25) is 0 Å². The van der Waals surface area contributed by atoms with Crippen molar-refractivity contribution in [2.24, 2.45) is 0 Å². The Labute approximate surface area is 110 Å². The minimum absolute atomic E-state index is 0.678. The van der Waals surface area contributed by atoms with Crippen LogP contribution in [0.15, 0.2) is 49.2 Å². The maximum atomic E-state index is 4.21. The number of fused-ring (bicyclic) bond motifs is 1. The van der Waals surface area contributed by atoms with E-state index in [1.807, 2.05) is 30.5 Å². The minimum Gasteiger partial charge on any atom is -0.387 e. The Morgan fingerprint density at radius 3 is 2.89 bits per heavy atom. The number of hydrogen-bond donors (Lipinski definition) is 2. The molecular formula is C14H13N5. The molecular weight excluding hydrogens is 238 g/mol. The Bertz CT molecular complexity index is 687. The summed E-state index contributed by atoms with van der Waals surface area (Å²) in [6.45, 7) is 0.786. The van der Waals surface area contributed by atoms with Crippen molar-refractivity contribution in [1.82, 2.24) is 25.3 Å². The van der Waals surface area contributed by atoms with Gasteiger partial charge < -0.3 is 10.3 Å². The first-order valence-electron chi connectivity index (χ1n) is 6.01. The van der Waals surface area contributed by atoms with Crippen molar-refractivity contribution in [2.75, 3.05) is 0 Å². The van der Waals surface area contributed by atoms with Gasteiger partial charge in [0.25, 0.3) is 0 Å². The number of aromatic nitrogens is 4. The molecule has 5 nitrogen and oxygen atoms in total. The first kappa shape index (κ1) is 11.4. The number of aromatic amines is 1.